The van der Waals surface area contributed by atoms with E-state index in [9.17, 15) is 13.2 Å². The third-order valence-corrected chi connectivity index (χ3v) is 6.26. The number of rotatable bonds is 20. The lowest BCUT2D eigenvalue weighted by Gasteiger charge is -2.15. The number of ether oxygens (including phenoxy) is 2. The summed E-state index contributed by atoms with van der Waals surface area (Å²) in [6, 6.07) is 0. The Morgan fingerprint density at radius 3 is 2.10 bits per heavy atom. The van der Waals surface area contributed by atoms with Crippen LogP contribution in [0.3, 0.4) is 0 Å². The first-order valence-electron chi connectivity index (χ1n) is 12.3. The molecule has 0 radical (unpaired) electrons. The van der Waals surface area contributed by atoms with Gasteiger partial charge in [0.25, 0.3) is 0 Å². The summed E-state index contributed by atoms with van der Waals surface area (Å²) in [4.78, 5) is 11.7. The second-order valence-corrected chi connectivity index (χ2v) is 9.73. The summed E-state index contributed by atoms with van der Waals surface area (Å²) < 4.78 is 46.7. The highest BCUT2D eigenvalue weighted by Crippen LogP contribution is 2.18. The summed E-state index contributed by atoms with van der Waals surface area (Å²) in [7, 11) is -4.40. The zero-order valence-corrected chi connectivity index (χ0v) is 20.2. The normalized spacial score (nSPS) is 17.7. The van der Waals surface area contributed by atoms with Crippen LogP contribution in [0.2, 0.25) is 0 Å². The van der Waals surface area contributed by atoms with E-state index in [4.69, 9.17) is 18.2 Å². The molecule has 1 aliphatic heterocycles. The molecule has 0 aromatic carbocycles. The predicted octanol–water partition coefficient (Wildman–Crippen LogP) is 5.77. The van der Waals surface area contributed by atoms with Crippen molar-refractivity contribution in [1.82, 2.24) is 0 Å². The molecule has 0 aromatic rings. The van der Waals surface area contributed by atoms with Crippen LogP contribution in [-0.4, -0.2) is 44.4 Å². The van der Waals surface area contributed by atoms with Crippen LogP contribution in [0.15, 0.2) is 0 Å². The number of carbonyl (C=O) groups is 1. The Hall–Kier alpha value is -0.700. The number of hydrogen-bond donors (Lipinski definition) is 1. The minimum absolute atomic E-state index is 0.0821. The van der Waals surface area contributed by atoms with E-state index in [1.165, 1.54) is 19.3 Å². The Kier molecular flexibility index (Phi) is 16.3. The third-order valence-electron chi connectivity index (χ3n) is 5.75. The van der Waals surface area contributed by atoms with Gasteiger partial charge < -0.3 is 9.47 Å². The van der Waals surface area contributed by atoms with Gasteiger partial charge in [-0.1, -0.05) is 77.6 Å². The average molecular weight is 465 g/mol. The van der Waals surface area contributed by atoms with Gasteiger partial charge >= 0.3 is 16.4 Å². The fraction of sp³-hybridized carbons (Fsp3) is 0.957. The van der Waals surface area contributed by atoms with Crippen LogP contribution in [0.1, 0.15) is 116 Å². The molecule has 0 aromatic heterocycles. The number of carbonyl (C=O) groups excluding carboxylic acids is 1. The van der Waals surface area contributed by atoms with Crippen LogP contribution in [-0.2, 0) is 28.9 Å². The van der Waals surface area contributed by atoms with Crippen LogP contribution < -0.4 is 0 Å². The highest BCUT2D eigenvalue weighted by atomic mass is 32.3. The van der Waals surface area contributed by atoms with Gasteiger partial charge in [-0.05, 0) is 32.1 Å². The molecular formula is C23H44O7S. The first-order chi connectivity index (χ1) is 14.9. The van der Waals surface area contributed by atoms with Crippen molar-refractivity contribution >= 4 is 16.4 Å². The maximum Gasteiger partial charge on any atom is 0.397 e. The van der Waals surface area contributed by atoms with Crippen molar-refractivity contribution in [2.45, 2.75) is 128 Å². The van der Waals surface area contributed by atoms with E-state index < -0.39 is 16.5 Å². The van der Waals surface area contributed by atoms with Crippen molar-refractivity contribution in [3.05, 3.63) is 0 Å². The molecule has 1 heterocycles. The van der Waals surface area contributed by atoms with Crippen LogP contribution in [0, 0.1) is 0 Å². The summed E-state index contributed by atoms with van der Waals surface area (Å²) in [5.74, 6) is -0.143. The molecule has 0 amide bonds. The van der Waals surface area contributed by atoms with E-state index in [1.54, 1.807) is 0 Å². The molecule has 2 atom stereocenters. The monoisotopic (exact) mass is 464 g/mol. The first kappa shape index (κ1) is 28.3. The summed E-state index contributed by atoms with van der Waals surface area (Å²) in [6.07, 6.45) is 16.0. The largest absolute Gasteiger partial charge is 0.463 e. The zero-order chi connectivity index (χ0) is 22.8. The Bertz CT molecular complexity index is 544. The average Bonchev–Trinajstić information content (AvgIpc) is 3.23. The second-order valence-electron chi connectivity index (χ2n) is 8.68. The zero-order valence-electron chi connectivity index (χ0n) is 19.4. The van der Waals surface area contributed by atoms with Gasteiger partial charge in [0.15, 0.2) is 0 Å². The summed E-state index contributed by atoms with van der Waals surface area (Å²) in [5, 5.41) is 0. The molecule has 1 fully saturated rings. The highest BCUT2D eigenvalue weighted by molar-refractivity contribution is 7.80. The van der Waals surface area contributed by atoms with Crippen molar-refractivity contribution < 1.29 is 31.4 Å². The smallest absolute Gasteiger partial charge is 0.397 e. The van der Waals surface area contributed by atoms with Crippen molar-refractivity contribution in [2.24, 2.45) is 0 Å². The minimum Gasteiger partial charge on any atom is -0.463 e. The Morgan fingerprint density at radius 2 is 1.55 bits per heavy atom. The summed E-state index contributed by atoms with van der Waals surface area (Å²) >= 11 is 0. The minimum atomic E-state index is -4.40. The van der Waals surface area contributed by atoms with E-state index in [1.807, 2.05) is 0 Å². The van der Waals surface area contributed by atoms with Gasteiger partial charge in [0.1, 0.15) is 6.61 Å². The van der Waals surface area contributed by atoms with Crippen molar-refractivity contribution in [1.29, 1.82) is 0 Å². The van der Waals surface area contributed by atoms with Gasteiger partial charge in [0.05, 0.1) is 12.2 Å². The fourth-order valence-electron chi connectivity index (χ4n) is 3.95. The SMILES string of the molecule is CCCCCCCCC(CCCCCCCCC(=O)OCC1CCCO1)OS(=O)(=O)O. The van der Waals surface area contributed by atoms with Gasteiger partial charge in [0.2, 0.25) is 0 Å². The lowest BCUT2D eigenvalue weighted by atomic mass is 10.0. The van der Waals surface area contributed by atoms with E-state index in [-0.39, 0.29) is 12.1 Å². The second kappa shape index (κ2) is 17.8. The molecule has 2 unspecified atom stereocenters. The van der Waals surface area contributed by atoms with Crippen LogP contribution >= 0.6 is 0 Å². The van der Waals surface area contributed by atoms with Crippen LogP contribution in [0.25, 0.3) is 0 Å². The number of unbranched alkanes of at least 4 members (excludes halogenated alkanes) is 10. The van der Waals surface area contributed by atoms with Crippen LogP contribution in [0.4, 0.5) is 0 Å². The summed E-state index contributed by atoms with van der Waals surface area (Å²) in [5.41, 5.74) is 0. The Morgan fingerprint density at radius 1 is 0.968 bits per heavy atom. The molecule has 31 heavy (non-hydrogen) atoms. The molecule has 1 rings (SSSR count). The Labute approximate surface area is 189 Å². The molecule has 8 heteroatoms. The molecule has 184 valence electrons. The number of esters is 1. The fourth-order valence-corrected chi connectivity index (χ4v) is 4.48. The van der Waals surface area contributed by atoms with Gasteiger partial charge in [-0.25, -0.2) is 4.18 Å². The molecule has 1 aliphatic rings. The maximum atomic E-state index is 11.7. The molecule has 0 bridgehead atoms. The summed E-state index contributed by atoms with van der Waals surface area (Å²) in [6.45, 7) is 3.33. The molecule has 1 N–H and O–H groups in total. The lowest BCUT2D eigenvalue weighted by molar-refractivity contribution is -0.147. The highest BCUT2D eigenvalue weighted by Gasteiger charge is 2.18. The quantitative estimate of drug-likeness (QED) is 0.139. The van der Waals surface area contributed by atoms with Gasteiger partial charge in [0, 0.05) is 13.0 Å². The molecule has 7 nitrogen and oxygen atoms in total. The third kappa shape index (κ3) is 17.5. The van der Waals surface area contributed by atoms with Crippen molar-refractivity contribution in [2.75, 3.05) is 13.2 Å². The maximum absolute atomic E-state index is 11.7. The van der Waals surface area contributed by atoms with E-state index in [0.717, 1.165) is 77.2 Å². The van der Waals surface area contributed by atoms with Gasteiger partial charge in [-0.15, -0.1) is 0 Å². The van der Waals surface area contributed by atoms with Crippen LogP contribution in [0.5, 0.6) is 0 Å². The predicted molar refractivity (Wildman–Crippen MR) is 121 cm³/mol. The molecule has 0 aliphatic carbocycles. The van der Waals surface area contributed by atoms with Crippen molar-refractivity contribution in [3.63, 3.8) is 0 Å². The molecule has 0 saturated carbocycles. The van der Waals surface area contributed by atoms with E-state index in [0.29, 0.717) is 25.9 Å². The van der Waals surface area contributed by atoms with E-state index in [2.05, 4.69) is 6.92 Å². The lowest BCUT2D eigenvalue weighted by Crippen LogP contribution is -2.18. The van der Waals surface area contributed by atoms with Gasteiger partial charge in [-0.3, -0.25) is 9.35 Å². The van der Waals surface area contributed by atoms with Gasteiger partial charge in [-0.2, -0.15) is 8.42 Å². The molecule has 1 saturated heterocycles. The topological polar surface area (TPSA) is 99.1 Å². The Balaban J connectivity index is 2.02. The van der Waals surface area contributed by atoms with E-state index >= 15 is 0 Å². The number of hydrogen-bond acceptors (Lipinski definition) is 6. The first-order valence-corrected chi connectivity index (χ1v) is 13.7. The standard InChI is InChI=1S/C23H44O7S/c1-2-3-4-5-8-11-15-21(30-31(25,26)27)16-12-9-6-7-10-13-18-23(24)29-20-22-17-14-19-28-22/h21-22H,2-20H2,1H3,(H,25,26,27). The van der Waals surface area contributed by atoms with Crippen molar-refractivity contribution in [3.8, 4) is 0 Å². The molecule has 0 spiro atoms. The molecular weight excluding hydrogens is 420 g/mol.